The van der Waals surface area contributed by atoms with E-state index in [-0.39, 0.29) is 12.2 Å². The Labute approximate surface area is 94.5 Å². The molecule has 0 aromatic heterocycles. The van der Waals surface area contributed by atoms with E-state index < -0.39 is 15.8 Å². The van der Waals surface area contributed by atoms with Crippen LogP contribution in [-0.4, -0.2) is 20.0 Å². The molecule has 4 N–H and O–H groups in total. The largest absolute Gasteiger partial charge is 0.399 e. The minimum atomic E-state index is -3.70. The number of Topliss-reactive ketones (excluding diaryl/α,β-unsaturated/α-hetero) is 1. The van der Waals surface area contributed by atoms with Crippen LogP contribution in [0.5, 0.6) is 0 Å². The van der Waals surface area contributed by atoms with Crippen LogP contribution in [0, 0.1) is 0 Å². The second-order valence-electron chi connectivity index (χ2n) is 3.59. The van der Waals surface area contributed by atoms with Gasteiger partial charge in [0.15, 0.2) is 0 Å². The van der Waals surface area contributed by atoms with E-state index in [1.165, 1.54) is 0 Å². The number of aryl methyl sites for hydroxylation is 1. The molecule has 0 saturated heterocycles. The summed E-state index contributed by atoms with van der Waals surface area (Å²) >= 11 is 0. The summed E-state index contributed by atoms with van der Waals surface area (Å²) in [4.78, 5) is 11.2. The fourth-order valence-electron chi connectivity index (χ4n) is 1.26. The number of hydrogen-bond acceptors (Lipinski definition) is 4. The quantitative estimate of drug-likeness (QED) is 0.712. The molecule has 1 aromatic carbocycles. The van der Waals surface area contributed by atoms with E-state index in [1.807, 2.05) is 0 Å². The highest BCUT2D eigenvalue weighted by Gasteiger charge is 2.11. The Kier molecular flexibility index (Phi) is 4.03. The molecular weight excluding hydrogens is 228 g/mol. The number of rotatable bonds is 5. The lowest BCUT2D eigenvalue weighted by atomic mass is 10.1. The molecule has 0 unspecified atom stereocenters. The molecule has 0 aliphatic carbocycles. The van der Waals surface area contributed by atoms with Crippen molar-refractivity contribution in [1.82, 2.24) is 0 Å². The number of benzene rings is 1. The first-order valence-electron chi connectivity index (χ1n) is 4.73. The van der Waals surface area contributed by atoms with Crippen molar-refractivity contribution in [3.8, 4) is 0 Å². The predicted octanol–water partition coefficient (Wildman–Crippen LogP) is 0.0590. The van der Waals surface area contributed by atoms with Gasteiger partial charge in [0.05, 0.1) is 0 Å². The summed E-state index contributed by atoms with van der Waals surface area (Å²) in [7, 11) is -3.70. The number of carbonyl (C=O) groups excluding carboxylic acids is 1. The van der Waals surface area contributed by atoms with Crippen molar-refractivity contribution in [3.63, 3.8) is 0 Å². The first-order valence-corrected chi connectivity index (χ1v) is 6.45. The van der Waals surface area contributed by atoms with E-state index >= 15 is 0 Å². The average Bonchev–Trinajstić information content (AvgIpc) is 2.14. The smallest absolute Gasteiger partial charge is 0.216 e. The zero-order valence-electron chi connectivity index (χ0n) is 8.72. The highest BCUT2D eigenvalue weighted by Crippen LogP contribution is 2.08. The molecule has 0 aliphatic heterocycles. The van der Waals surface area contributed by atoms with Gasteiger partial charge in [-0.1, -0.05) is 12.1 Å². The molecule has 0 bridgehead atoms. The molecule has 0 radical (unpaired) electrons. The van der Waals surface area contributed by atoms with Gasteiger partial charge in [-0.25, -0.2) is 13.6 Å². The van der Waals surface area contributed by atoms with Crippen LogP contribution in [0.25, 0.3) is 0 Å². The normalized spacial score (nSPS) is 11.3. The Balaban J connectivity index is 2.46. The summed E-state index contributed by atoms with van der Waals surface area (Å²) in [6.45, 7) is 0. The van der Waals surface area contributed by atoms with Crippen molar-refractivity contribution in [1.29, 1.82) is 0 Å². The van der Waals surface area contributed by atoms with E-state index in [9.17, 15) is 13.2 Å². The van der Waals surface area contributed by atoms with Gasteiger partial charge in [-0.15, -0.1) is 0 Å². The first kappa shape index (κ1) is 12.7. The maximum absolute atomic E-state index is 11.2. The van der Waals surface area contributed by atoms with Gasteiger partial charge in [-0.2, -0.15) is 0 Å². The highest BCUT2D eigenvalue weighted by atomic mass is 32.2. The predicted molar refractivity (Wildman–Crippen MR) is 62.2 cm³/mol. The summed E-state index contributed by atoms with van der Waals surface area (Å²) in [5.41, 5.74) is 7.10. The van der Waals surface area contributed by atoms with Crippen molar-refractivity contribution >= 4 is 21.5 Å². The van der Waals surface area contributed by atoms with Crippen LogP contribution < -0.4 is 10.9 Å². The number of sulfonamides is 1. The lowest BCUT2D eigenvalue weighted by Crippen LogP contribution is -2.23. The summed E-state index contributed by atoms with van der Waals surface area (Å²) in [5.74, 6) is -0.971. The minimum absolute atomic E-state index is 0.167. The maximum Gasteiger partial charge on any atom is 0.216 e. The fraction of sp³-hybridized carbons (Fsp3) is 0.300. The molecule has 0 aliphatic rings. The first-order chi connectivity index (χ1) is 7.37. The lowest BCUT2D eigenvalue weighted by molar-refractivity contribution is -0.116. The van der Waals surface area contributed by atoms with Gasteiger partial charge in [0, 0.05) is 12.1 Å². The molecule has 5 nitrogen and oxygen atoms in total. The third-order valence-electron chi connectivity index (χ3n) is 2.03. The second-order valence-corrected chi connectivity index (χ2v) is 5.20. The molecule has 0 amide bonds. The number of carbonyl (C=O) groups is 1. The molecule has 0 heterocycles. The Hall–Kier alpha value is -1.40. The number of hydrogen-bond donors (Lipinski definition) is 2. The summed E-state index contributed by atoms with van der Waals surface area (Å²) in [6.07, 6.45) is 0.662. The van der Waals surface area contributed by atoms with Gasteiger partial charge in [-0.3, -0.25) is 4.79 Å². The third-order valence-corrected chi connectivity index (χ3v) is 2.76. The summed E-state index contributed by atoms with van der Waals surface area (Å²) < 4.78 is 21.3. The highest BCUT2D eigenvalue weighted by molar-refractivity contribution is 7.89. The van der Waals surface area contributed by atoms with Crippen LogP contribution in [0.2, 0.25) is 0 Å². The molecule has 0 fully saturated rings. The van der Waals surface area contributed by atoms with Crippen LogP contribution in [0.1, 0.15) is 12.0 Å². The van der Waals surface area contributed by atoms with Gasteiger partial charge in [-0.05, 0) is 24.1 Å². The van der Waals surface area contributed by atoms with E-state index in [4.69, 9.17) is 10.9 Å². The standard InChI is InChI=1S/C10H14N2O3S/c11-9-4-1-8(2-5-9)3-6-10(13)7-16(12,14)15/h1-2,4-5H,3,6-7,11H2,(H2,12,14,15). The molecule has 88 valence electrons. The molecule has 6 heteroatoms. The number of nitrogen functional groups attached to an aromatic ring is 1. The Morgan fingerprint density at radius 1 is 1.19 bits per heavy atom. The number of ketones is 1. The monoisotopic (exact) mass is 242 g/mol. The van der Waals surface area contributed by atoms with Gasteiger partial charge in [0.1, 0.15) is 11.5 Å². The Morgan fingerprint density at radius 3 is 2.25 bits per heavy atom. The molecule has 0 atom stereocenters. The zero-order valence-corrected chi connectivity index (χ0v) is 9.53. The molecular formula is C10H14N2O3S. The Morgan fingerprint density at radius 2 is 1.75 bits per heavy atom. The minimum Gasteiger partial charge on any atom is -0.399 e. The van der Waals surface area contributed by atoms with Crippen molar-refractivity contribution in [3.05, 3.63) is 29.8 Å². The molecule has 1 rings (SSSR count). The van der Waals surface area contributed by atoms with Crippen LogP contribution in [0.15, 0.2) is 24.3 Å². The number of primary sulfonamides is 1. The van der Waals surface area contributed by atoms with Gasteiger partial charge in [0.25, 0.3) is 0 Å². The molecule has 16 heavy (non-hydrogen) atoms. The number of anilines is 1. The van der Waals surface area contributed by atoms with Crippen molar-refractivity contribution in [2.24, 2.45) is 5.14 Å². The lowest BCUT2D eigenvalue weighted by Gasteiger charge is -2.01. The van der Waals surface area contributed by atoms with Gasteiger partial charge >= 0.3 is 0 Å². The average molecular weight is 242 g/mol. The van der Waals surface area contributed by atoms with E-state index in [0.29, 0.717) is 12.1 Å². The molecule has 0 saturated carbocycles. The summed E-state index contributed by atoms with van der Waals surface area (Å²) in [6, 6.07) is 7.08. The Bertz CT molecular complexity index is 465. The van der Waals surface area contributed by atoms with E-state index in [1.54, 1.807) is 24.3 Å². The van der Waals surface area contributed by atoms with Crippen molar-refractivity contribution in [2.45, 2.75) is 12.8 Å². The fourth-order valence-corrected chi connectivity index (χ4v) is 1.86. The third kappa shape index (κ3) is 4.90. The maximum atomic E-state index is 11.2. The van der Waals surface area contributed by atoms with Crippen LogP contribution in [0.4, 0.5) is 5.69 Å². The second kappa shape index (κ2) is 5.09. The number of nitrogens with two attached hydrogens (primary N) is 2. The van der Waals surface area contributed by atoms with E-state index in [0.717, 1.165) is 5.56 Å². The van der Waals surface area contributed by atoms with Crippen LogP contribution in [-0.2, 0) is 21.2 Å². The topological polar surface area (TPSA) is 103 Å². The van der Waals surface area contributed by atoms with Crippen molar-refractivity contribution in [2.75, 3.05) is 11.5 Å². The van der Waals surface area contributed by atoms with Crippen LogP contribution >= 0.6 is 0 Å². The molecule has 1 aromatic rings. The summed E-state index contributed by atoms with van der Waals surface area (Å²) in [5, 5.41) is 4.76. The SMILES string of the molecule is Nc1ccc(CCC(=O)CS(N)(=O)=O)cc1. The van der Waals surface area contributed by atoms with Gasteiger partial charge < -0.3 is 5.73 Å². The molecule has 0 spiro atoms. The zero-order chi connectivity index (χ0) is 12.2. The van der Waals surface area contributed by atoms with Gasteiger partial charge in [0.2, 0.25) is 10.0 Å². The van der Waals surface area contributed by atoms with Crippen molar-refractivity contribution < 1.29 is 13.2 Å². The van der Waals surface area contributed by atoms with Crippen LogP contribution in [0.3, 0.4) is 0 Å². The van der Waals surface area contributed by atoms with E-state index in [2.05, 4.69) is 0 Å².